The zero-order chi connectivity index (χ0) is 24.9. The predicted octanol–water partition coefficient (Wildman–Crippen LogP) is 5.72. The SMILES string of the molecule is O=S(c1ccccc1)N(C1CC1)C1CCN(CCOC(c2ccc(F)cc2)c2ccc(F)cc2)CC1. The van der Waals surface area contributed by atoms with Crippen LogP contribution in [-0.4, -0.2) is 51.7 Å². The van der Waals surface area contributed by atoms with Gasteiger partial charge in [-0.3, -0.25) is 0 Å². The van der Waals surface area contributed by atoms with Crippen molar-refractivity contribution < 1.29 is 17.7 Å². The van der Waals surface area contributed by atoms with Crippen molar-refractivity contribution in [1.29, 1.82) is 0 Å². The summed E-state index contributed by atoms with van der Waals surface area (Å²) in [6.45, 7) is 3.14. The number of likely N-dealkylation sites (tertiary alicyclic amines) is 1. The number of benzene rings is 3. The van der Waals surface area contributed by atoms with Crippen LogP contribution < -0.4 is 0 Å². The Morgan fingerprint density at radius 2 is 1.33 bits per heavy atom. The van der Waals surface area contributed by atoms with Gasteiger partial charge in [-0.2, -0.15) is 0 Å². The van der Waals surface area contributed by atoms with Crippen molar-refractivity contribution in [1.82, 2.24) is 9.21 Å². The van der Waals surface area contributed by atoms with Gasteiger partial charge in [0.25, 0.3) is 0 Å². The van der Waals surface area contributed by atoms with Crippen molar-refractivity contribution >= 4 is 11.0 Å². The van der Waals surface area contributed by atoms with E-state index < -0.39 is 11.0 Å². The summed E-state index contributed by atoms with van der Waals surface area (Å²) in [5.41, 5.74) is 1.68. The van der Waals surface area contributed by atoms with E-state index in [1.165, 1.54) is 24.3 Å². The first-order chi connectivity index (χ1) is 17.6. The molecular formula is C29H32F2N2O2S. The number of piperidine rings is 1. The van der Waals surface area contributed by atoms with E-state index in [9.17, 15) is 13.0 Å². The maximum absolute atomic E-state index is 13.5. The lowest BCUT2D eigenvalue weighted by atomic mass is 10.0. The lowest BCUT2D eigenvalue weighted by Gasteiger charge is -2.38. The van der Waals surface area contributed by atoms with Gasteiger partial charge < -0.3 is 9.64 Å². The molecule has 190 valence electrons. The van der Waals surface area contributed by atoms with Gasteiger partial charge in [-0.1, -0.05) is 42.5 Å². The second kappa shape index (κ2) is 11.7. The molecule has 1 aliphatic heterocycles. The molecule has 1 saturated carbocycles. The fraction of sp³-hybridized carbons (Fsp3) is 0.379. The molecule has 1 atom stereocenters. The van der Waals surface area contributed by atoms with E-state index in [0.717, 1.165) is 61.3 Å². The van der Waals surface area contributed by atoms with E-state index in [0.29, 0.717) is 18.7 Å². The summed E-state index contributed by atoms with van der Waals surface area (Å²) >= 11 is 0. The highest BCUT2D eigenvalue weighted by atomic mass is 32.2. The molecule has 5 rings (SSSR count). The minimum absolute atomic E-state index is 0.298. The summed E-state index contributed by atoms with van der Waals surface area (Å²) < 4.78 is 48.8. The highest BCUT2D eigenvalue weighted by Crippen LogP contribution is 2.35. The first kappa shape index (κ1) is 25.2. The van der Waals surface area contributed by atoms with Crippen LogP contribution >= 0.6 is 0 Å². The molecule has 3 aromatic carbocycles. The zero-order valence-electron chi connectivity index (χ0n) is 20.3. The summed E-state index contributed by atoms with van der Waals surface area (Å²) in [5, 5.41) is 0. The van der Waals surface area contributed by atoms with Gasteiger partial charge in [0.05, 0.1) is 11.5 Å². The maximum atomic E-state index is 13.5. The summed E-state index contributed by atoms with van der Waals surface area (Å²) in [6.07, 6.45) is 3.83. The standard InChI is InChI=1S/C29H32F2N2O2S/c30-24-10-6-22(7-11-24)29(23-8-12-25(31)13-9-23)35-21-20-32-18-16-27(17-19-32)33(26-14-15-26)36(34)28-4-2-1-3-5-28/h1-13,26-27,29H,14-21H2. The van der Waals surface area contributed by atoms with E-state index in [4.69, 9.17) is 4.74 Å². The minimum atomic E-state index is -1.12. The molecular weight excluding hydrogens is 478 g/mol. The van der Waals surface area contributed by atoms with E-state index in [1.807, 2.05) is 30.3 Å². The van der Waals surface area contributed by atoms with E-state index in [-0.39, 0.29) is 17.7 Å². The molecule has 36 heavy (non-hydrogen) atoms. The van der Waals surface area contributed by atoms with Gasteiger partial charge >= 0.3 is 0 Å². The lowest BCUT2D eigenvalue weighted by molar-refractivity contribution is 0.0499. The molecule has 0 aromatic heterocycles. The Balaban J connectivity index is 1.17. The molecule has 4 nitrogen and oxygen atoms in total. The lowest BCUT2D eigenvalue weighted by Crippen LogP contribution is -2.47. The Morgan fingerprint density at radius 3 is 1.86 bits per heavy atom. The smallest absolute Gasteiger partial charge is 0.128 e. The Morgan fingerprint density at radius 1 is 0.806 bits per heavy atom. The number of rotatable bonds is 10. The van der Waals surface area contributed by atoms with Crippen LogP contribution in [0.1, 0.15) is 42.9 Å². The second-order valence-electron chi connectivity index (χ2n) is 9.58. The fourth-order valence-corrected chi connectivity index (χ4v) is 6.51. The molecule has 2 fully saturated rings. The van der Waals surface area contributed by atoms with Crippen LogP contribution in [0.15, 0.2) is 83.8 Å². The monoisotopic (exact) mass is 510 g/mol. The molecule has 2 aliphatic rings. The average Bonchev–Trinajstić information content (AvgIpc) is 3.75. The van der Waals surface area contributed by atoms with E-state index in [2.05, 4.69) is 9.21 Å². The van der Waals surface area contributed by atoms with Crippen molar-refractivity contribution in [3.63, 3.8) is 0 Å². The highest BCUT2D eigenvalue weighted by Gasteiger charge is 2.39. The van der Waals surface area contributed by atoms with Crippen molar-refractivity contribution in [2.75, 3.05) is 26.2 Å². The molecule has 1 heterocycles. The molecule has 1 unspecified atom stereocenters. The topological polar surface area (TPSA) is 32.8 Å². The third-order valence-corrected chi connectivity index (χ3v) is 8.65. The zero-order valence-corrected chi connectivity index (χ0v) is 21.1. The first-order valence-electron chi connectivity index (χ1n) is 12.7. The molecule has 0 bridgehead atoms. The average molecular weight is 511 g/mol. The normalized spacial score (nSPS) is 18.1. The van der Waals surface area contributed by atoms with Crippen LogP contribution in [-0.2, 0) is 15.7 Å². The summed E-state index contributed by atoms with van der Waals surface area (Å²) in [4.78, 5) is 3.27. The third kappa shape index (κ3) is 6.27. The second-order valence-corrected chi connectivity index (χ2v) is 11.0. The number of nitrogens with zero attached hydrogens (tertiary/aromatic N) is 2. The van der Waals surface area contributed by atoms with Gasteiger partial charge in [-0.25, -0.2) is 17.3 Å². The van der Waals surface area contributed by atoms with Gasteiger partial charge in [-0.05, 0) is 86.3 Å². The van der Waals surface area contributed by atoms with Gasteiger partial charge in [0.2, 0.25) is 0 Å². The van der Waals surface area contributed by atoms with Crippen LogP contribution in [0, 0.1) is 11.6 Å². The number of hydrogen-bond donors (Lipinski definition) is 0. The number of ether oxygens (including phenoxy) is 1. The predicted molar refractivity (Wildman–Crippen MR) is 138 cm³/mol. The maximum Gasteiger partial charge on any atom is 0.128 e. The quantitative estimate of drug-likeness (QED) is 0.350. The van der Waals surface area contributed by atoms with Crippen LogP contribution in [0.5, 0.6) is 0 Å². The van der Waals surface area contributed by atoms with Crippen molar-refractivity contribution in [3.05, 3.63) is 102 Å². The summed E-state index contributed by atoms with van der Waals surface area (Å²) in [5.74, 6) is -0.596. The van der Waals surface area contributed by atoms with Gasteiger partial charge in [0.1, 0.15) is 28.7 Å². The largest absolute Gasteiger partial charge is 0.367 e. The van der Waals surface area contributed by atoms with Gasteiger partial charge in [0, 0.05) is 18.6 Å². The minimum Gasteiger partial charge on any atom is -0.367 e. The molecule has 0 radical (unpaired) electrons. The Bertz CT molecular complexity index is 1090. The molecule has 1 aliphatic carbocycles. The molecule has 3 aromatic rings. The van der Waals surface area contributed by atoms with Crippen molar-refractivity contribution in [3.8, 4) is 0 Å². The van der Waals surface area contributed by atoms with Crippen molar-refractivity contribution in [2.24, 2.45) is 0 Å². The molecule has 0 N–H and O–H groups in total. The third-order valence-electron chi connectivity index (χ3n) is 7.00. The summed E-state index contributed by atoms with van der Waals surface area (Å²) in [6, 6.07) is 23.1. The van der Waals surface area contributed by atoms with Crippen LogP contribution in [0.2, 0.25) is 0 Å². The van der Waals surface area contributed by atoms with Crippen LogP contribution in [0.3, 0.4) is 0 Å². The molecule has 7 heteroatoms. The van der Waals surface area contributed by atoms with E-state index >= 15 is 0 Å². The number of hydrogen-bond acceptors (Lipinski definition) is 3. The van der Waals surface area contributed by atoms with Gasteiger partial charge in [-0.15, -0.1) is 0 Å². The van der Waals surface area contributed by atoms with E-state index in [1.54, 1.807) is 24.3 Å². The number of halogens is 2. The van der Waals surface area contributed by atoms with Crippen LogP contribution in [0.25, 0.3) is 0 Å². The molecule has 1 saturated heterocycles. The Labute approximate surface area is 214 Å². The summed E-state index contributed by atoms with van der Waals surface area (Å²) in [7, 11) is -1.12. The molecule has 0 amide bonds. The van der Waals surface area contributed by atoms with Crippen LogP contribution in [0.4, 0.5) is 8.78 Å². The van der Waals surface area contributed by atoms with Crippen molar-refractivity contribution in [2.45, 2.75) is 48.8 Å². The highest BCUT2D eigenvalue weighted by molar-refractivity contribution is 7.82. The fourth-order valence-electron chi connectivity index (χ4n) is 4.91. The first-order valence-corrected chi connectivity index (χ1v) is 13.8. The molecule has 0 spiro atoms. The Kier molecular flexibility index (Phi) is 8.22. The Hall–Kier alpha value is -2.45. The van der Waals surface area contributed by atoms with Gasteiger partial charge in [0.15, 0.2) is 0 Å².